The normalized spacial score (nSPS) is 13.4. The lowest BCUT2D eigenvalue weighted by Gasteiger charge is -2.23. The molecule has 0 radical (unpaired) electrons. The van der Waals surface area contributed by atoms with E-state index in [1.807, 2.05) is 0 Å². The zero-order valence-electron chi connectivity index (χ0n) is 18.8. The number of methoxy groups -OCH3 is 1. The van der Waals surface area contributed by atoms with Crippen LogP contribution in [-0.2, 0) is 9.53 Å². The number of esters is 1. The van der Waals surface area contributed by atoms with Gasteiger partial charge in [-0.2, -0.15) is 0 Å². The van der Waals surface area contributed by atoms with E-state index < -0.39 is 11.9 Å². The largest absolute Gasteiger partial charge is 0.508 e. The molecule has 0 fully saturated rings. The molecule has 0 spiro atoms. The minimum absolute atomic E-state index is 0.0798. The van der Waals surface area contributed by atoms with Crippen LogP contribution in [0.2, 0.25) is 0 Å². The summed E-state index contributed by atoms with van der Waals surface area (Å²) in [6, 6.07) is 14.4. The maximum atomic E-state index is 13.4. The molecule has 1 aliphatic rings. The molecule has 0 bridgehead atoms. The van der Waals surface area contributed by atoms with Crippen molar-refractivity contribution in [2.24, 2.45) is 0 Å². The average molecular weight is 474 g/mol. The number of fused-ring (bicyclic) bond motifs is 2. The van der Waals surface area contributed by atoms with E-state index in [1.54, 1.807) is 30.3 Å². The lowest BCUT2D eigenvalue weighted by Crippen LogP contribution is -2.16. The lowest BCUT2D eigenvalue weighted by atomic mass is 9.86. The minimum atomic E-state index is -0.690. The van der Waals surface area contributed by atoms with E-state index in [2.05, 4.69) is 0 Å². The first-order valence-electron chi connectivity index (χ1n) is 11.0. The van der Waals surface area contributed by atoms with Gasteiger partial charge >= 0.3 is 5.97 Å². The Morgan fingerprint density at radius 3 is 2.49 bits per heavy atom. The second-order valence-corrected chi connectivity index (χ2v) is 8.14. The van der Waals surface area contributed by atoms with Crippen LogP contribution in [0.25, 0.3) is 22.1 Å². The molecule has 35 heavy (non-hydrogen) atoms. The number of hydrogen-bond donors (Lipinski definition) is 2. The van der Waals surface area contributed by atoms with Crippen LogP contribution in [0.5, 0.6) is 23.0 Å². The van der Waals surface area contributed by atoms with E-state index >= 15 is 0 Å². The fourth-order valence-electron chi connectivity index (χ4n) is 4.30. The van der Waals surface area contributed by atoms with E-state index in [0.29, 0.717) is 47.0 Å². The van der Waals surface area contributed by atoms with Crippen molar-refractivity contribution < 1.29 is 33.6 Å². The molecule has 1 aromatic heterocycles. The van der Waals surface area contributed by atoms with Crippen molar-refractivity contribution in [3.8, 4) is 34.1 Å². The highest BCUT2D eigenvalue weighted by Crippen LogP contribution is 2.42. The summed E-state index contributed by atoms with van der Waals surface area (Å²) in [7, 11) is 1.29. The Kier molecular flexibility index (Phi) is 5.78. The number of aromatic hydroxyl groups is 2. The van der Waals surface area contributed by atoms with Crippen LogP contribution in [-0.4, -0.2) is 36.5 Å². The molecule has 0 amide bonds. The Morgan fingerprint density at radius 1 is 1.00 bits per heavy atom. The first-order valence-corrected chi connectivity index (χ1v) is 11.0. The number of carbonyl (C=O) groups excluding carboxylic acids is 1. The Bertz CT molecular complexity index is 1470. The molecule has 2 heterocycles. The monoisotopic (exact) mass is 474 g/mol. The third-order valence-corrected chi connectivity index (χ3v) is 6.05. The van der Waals surface area contributed by atoms with E-state index in [1.165, 1.54) is 37.6 Å². The number of carbonyl (C=O) groups is 1. The molecule has 8 nitrogen and oxygen atoms in total. The van der Waals surface area contributed by atoms with Crippen molar-refractivity contribution in [2.75, 3.05) is 20.3 Å². The number of ether oxygens (including phenoxy) is 3. The number of benzene rings is 3. The minimum Gasteiger partial charge on any atom is -0.508 e. The molecule has 0 saturated carbocycles. The number of phenolic OH excluding ortho intramolecular Hbond substituents is 2. The van der Waals surface area contributed by atoms with Gasteiger partial charge in [-0.05, 0) is 47.5 Å². The van der Waals surface area contributed by atoms with Crippen molar-refractivity contribution in [1.82, 2.24) is 0 Å². The summed E-state index contributed by atoms with van der Waals surface area (Å²) in [5.74, 6) is -0.115. The number of rotatable bonds is 5. The SMILES string of the molecule is COC(=O)C[C@H](c1ccc2c(c1)OCCO2)c1c(O)ccc2c(=O)c(-c3ccc(O)cc3)coc12. The van der Waals surface area contributed by atoms with E-state index in [-0.39, 0.29) is 34.3 Å². The first-order chi connectivity index (χ1) is 17.0. The van der Waals surface area contributed by atoms with E-state index in [0.717, 1.165) is 0 Å². The molecule has 8 heteroatoms. The third-order valence-electron chi connectivity index (χ3n) is 6.05. The molecule has 0 aliphatic carbocycles. The van der Waals surface area contributed by atoms with Crippen molar-refractivity contribution in [3.05, 3.63) is 82.2 Å². The molecule has 1 atom stereocenters. The summed E-state index contributed by atoms with van der Waals surface area (Å²) in [5, 5.41) is 20.7. The molecule has 1 aliphatic heterocycles. The maximum absolute atomic E-state index is 13.4. The Labute approximate surface area is 199 Å². The summed E-state index contributed by atoms with van der Waals surface area (Å²) in [4.78, 5) is 25.7. The van der Waals surface area contributed by atoms with Crippen molar-refractivity contribution in [3.63, 3.8) is 0 Å². The summed E-state index contributed by atoms with van der Waals surface area (Å²) in [6.45, 7) is 0.836. The van der Waals surface area contributed by atoms with Gasteiger partial charge in [-0.15, -0.1) is 0 Å². The highest BCUT2D eigenvalue weighted by Gasteiger charge is 2.28. The fourth-order valence-corrected chi connectivity index (χ4v) is 4.30. The Balaban J connectivity index is 1.69. The summed E-state index contributed by atoms with van der Waals surface area (Å²) in [5.41, 5.74) is 1.69. The summed E-state index contributed by atoms with van der Waals surface area (Å²) >= 11 is 0. The Hall–Kier alpha value is -4.46. The summed E-state index contributed by atoms with van der Waals surface area (Å²) in [6.07, 6.45) is 1.21. The smallest absolute Gasteiger partial charge is 0.306 e. The van der Waals surface area contributed by atoms with Crippen LogP contribution in [0.3, 0.4) is 0 Å². The van der Waals surface area contributed by atoms with E-state index in [9.17, 15) is 19.8 Å². The molecular formula is C27H22O8. The quantitative estimate of drug-likeness (QED) is 0.411. The van der Waals surface area contributed by atoms with Gasteiger partial charge in [0, 0.05) is 11.5 Å². The predicted molar refractivity (Wildman–Crippen MR) is 127 cm³/mol. The standard InChI is InChI=1S/C27H22O8/c1-32-24(30)13-19(16-4-9-22-23(12-16)34-11-10-33-22)25-21(29)8-7-18-26(31)20(14-35-27(18)25)15-2-5-17(28)6-3-15/h2-9,12,14,19,28-29H,10-11,13H2,1H3/t19-/m1/s1. The van der Waals surface area contributed by atoms with Crippen LogP contribution < -0.4 is 14.9 Å². The topological polar surface area (TPSA) is 115 Å². The van der Waals surface area contributed by atoms with Gasteiger partial charge in [0.2, 0.25) is 5.43 Å². The molecule has 0 saturated heterocycles. The number of hydrogen-bond acceptors (Lipinski definition) is 8. The van der Waals surface area contributed by atoms with Crippen LogP contribution in [0, 0.1) is 0 Å². The second kappa shape index (κ2) is 9.06. The Morgan fingerprint density at radius 2 is 1.74 bits per heavy atom. The van der Waals surface area contributed by atoms with Gasteiger partial charge in [-0.3, -0.25) is 9.59 Å². The van der Waals surface area contributed by atoms with Gasteiger partial charge in [0.1, 0.15) is 36.6 Å². The third kappa shape index (κ3) is 4.14. The predicted octanol–water partition coefficient (Wildman–Crippen LogP) is 4.34. The van der Waals surface area contributed by atoms with Crippen LogP contribution >= 0.6 is 0 Å². The van der Waals surface area contributed by atoms with Gasteiger partial charge in [0.05, 0.1) is 24.5 Å². The van der Waals surface area contributed by atoms with Gasteiger partial charge in [-0.1, -0.05) is 18.2 Å². The highest BCUT2D eigenvalue weighted by atomic mass is 16.6. The molecule has 178 valence electrons. The first kappa shape index (κ1) is 22.3. The summed E-state index contributed by atoms with van der Waals surface area (Å²) < 4.78 is 22.1. The maximum Gasteiger partial charge on any atom is 0.306 e. The van der Waals surface area contributed by atoms with Crippen molar-refractivity contribution in [2.45, 2.75) is 12.3 Å². The molecule has 3 aromatic carbocycles. The van der Waals surface area contributed by atoms with Gasteiger partial charge in [-0.25, -0.2) is 0 Å². The van der Waals surface area contributed by atoms with Crippen molar-refractivity contribution in [1.29, 1.82) is 0 Å². The molecule has 0 unspecified atom stereocenters. The second-order valence-electron chi connectivity index (χ2n) is 8.14. The zero-order chi connectivity index (χ0) is 24.5. The highest BCUT2D eigenvalue weighted by molar-refractivity contribution is 5.87. The van der Waals surface area contributed by atoms with Gasteiger partial charge in [0.25, 0.3) is 0 Å². The lowest BCUT2D eigenvalue weighted by molar-refractivity contribution is -0.140. The average Bonchev–Trinajstić information content (AvgIpc) is 2.88. The fraction of sp³-hybridized carbons (Fsp3) is 0.185. The van der Waals surface area contributed by atoms with Gasteiger partial charge in [0.15, 0.2) is 11.5 Å². The van der Waals surface area contributed by atoms with Crippen LogP contribution in [0.1, 0.15) is 23.5 Å². The molecule has 5 rings (SSSR count). The van der Waals surface area contributed by atoms with Crippen LogP contribution in [0.15, 0.2) is 70.1 Å². The van der Waals surface area contributed by atoms with Crippen LogP contribution in [0.4, 0.5) is 0 Å². The van der Waals surface area contributed by atoms with E-state index in [4.69, 9.17) is 18.6 Å². The van der Waals surface area contributed by atoms with Gasteiger partial charge < -0.3 is 28.8 Å². The molecular weight excluding hydrogens is 452 g/mol. The number of phenols is 2. The van der Waals surface area contributed by atoms with Crippen molar-refractivity contribution >= 4 is 16.9 Å². The molecule has 2 N–H and O–H groups in total. The zero-order valence-corrected chi connectivity index (χ0v) is 18.8. The molecule has 4 aromatic rings.